The first-order valence-electron chi connectivity index (χ1n) is 4.89. The molecule has 0 saturated carbocycles. The van der Waals surface area contributed by atoms with Gasteiger partial charge in [0.25, 0.3) is 0 Å². The summed E-state index contributed by atoms with van der Waals surface area (Å²) in [5.74, 6) is 0.341. The molecule has 1 atom stereocenters. The highest BCUT2D eigenvalue weighted by atomic mass is 35.5. The highest BCUT2D eigenvalue weighted by molar-refractivity contribution is 5.85. The summed E-state index contributed by atoms with van der Waals surface area (Å²) in [4.78, 5) is 0. The molecular formula is C12H17ClFNO. The van der Waals surface area contributed by atoms with Gasteiger partial charge in [0.1, 0.15) is 11.6 Å². The van der Waals surface area contributed by atoms with Gasteiger partial charge in [0.05, 0.1) is 7.11 Å². The van der Waals surface area contributed by atoms with Crippen LogP contribution in [0.1, 0.15) is 24.4 Å². The molecule has 0 saturated heterocycles. The fourth-order valence-electron chi connectivity index (χ4n) is 1.39. The summed E-state index contributed by atoms with van der Waals surface area (Å²) >= 11 is 0. The zero-order valence-electron chi connectivity index (χ0n) is 9.28. The molecule has 0 fully saturated rings. The molecule has 2 N–H and O–H groups in total. The van der Waals surface area contributed by atoms with Crippen molar-refractivity contribution in [3.8, 4) is 5.75 Å². The molecule has 2 nitrogen and oxygen atoms in total. The number of nitrogens with two attached hydrogens (primary N) is 1. The van der Waals surface area contributed by atoms with Crippen LogP contribution in [0.3, 0.4) is 0 Å². The molecule has 1 aromatic rings. The Balaban J connectivity index is 0.00000225. The summed E-state index contributed by atoms with van der Waals surface area (Å²) < 4.78 is 18.4. The Morgan fingerprint density at radius 1 is 1.56 bits per heavy atom. The van der Waals surface area contributed by atoms with E-state index >= 15 is 0 Å². The number of rotatable bonds is 5. The number of hydrogen-bond acceptors (Lipinski definition) is 2. The number of ether oxygens (including phenoxy) is 1. The first kappa shape index (κ1) is 14.9. The van der Waals surface area contributed by atoms with Gasteiger partial charge in [-0.25, -0.2) is 4.39 Å². The summed E-state index contributed by atoms with van der Waals surface area (Å²) in [5.41, 5.74) is 6.36. The second-order valence-electron chi connectivity index (χ2n) is 3.36. The smallest absolute Gasteiger partial charge is 0.128 e. The molecule has 4 heteroatoms. The molecule has 0 unspecified atom stereocenters. The van der Waals surface area contributed by atoms with E-state index in [-0.39, 0.29) is 24.3 Å². The summed E-state index contributed by atoms with van der Waals surface area (Å²) in [6, 6.07) is 4.29. The minimum absolute atomic E-state index is 0. The summed E-state index contributed by atoms with van der Waals surface area (Å²) in [7, 11) is 1.55. The Hall–Kier alpha value is -1.06. The van der Waals surface area contributed by atoms with E-state index in [1.807, 2.05) is 0 Å². The molecule has 0 aliphatic rings. The van der Waals surface area contributed by atoms with Crippen molar-refractivity contribution in [1.29, 1.82) is 0 Å². The summed E-state index contributed by atoms with van der Waals surface area (Å²) in [5, 5.41) is 0. The van der Waals surface area contributed by atoms with E-state index in [1.165, 1.54) is 6.07 Å². The van der Waals surface area contributed by atoms with Crippen LogP contribution >= 0.6 is 12.4 Å². The Morgan fingerprint density at radius 2 is 2.25 bits per heavy atom. The Labute approximate surface area is 102 Å². The normalized spacial score (nSPS) is 11.4. The van der Waals surface area contributed by atoms with Gasteiger partial charge in [-0.3, -0.25) is 0 Å². The monoisotopic (exact) mass is 245 g/mol. The Kier molecular flexibility index (Phi) is 6.77. The zero-order valence-corrected chi connectivity index (χ0v) is 10.1. The lowest BCUT2D eigenvalue weighted by atomic mass is 10.0. The van der Waals surface area contributed by atoms with Crippen LogP contribution in [0.25, 0.3) is 0 Å². The molecule has 0 aliphatic heterocycles. The van der Waals surface area contributed by atoms with E-state index in [9.17, 15) is 4.39 Å². The van der Waals surface area contributed by atoms with Gasteiger partial charge < -0.3 is 10.5 Å². The molecule has 0 bridgehead atoms. The fourth-order valence-corrected chi connectivity index (χ4v) is 1.39. The van der Waals surface area contributed by atoms with Gasteiger partial charge in [0, 0.05) is 11.6 Å². The van der Waals surface area contributed by atoms with Crippen LogP contribution in [0.2, 0.25) is 0 Å². The third kappa shape index (κ3) is 3.83. The molecular weight excluding hydrogens is 229 g/mol. The largest absolute Gasteiger partial charge is 0.497 e. The maximum atomic E-state index is 13.4. The number of halogens is 2. The predicted octanol–water partition coefficient (Wildman–Crippen LogP) is 3.22. The molecule has 0 aromatic heterocycles. The van der Waals surface area contributed by atoms with Crippen molar-refractivity contribution in [1.82, 2.24) is 0 Å². The molecule has 0 aliphatic carbocycles. The van der Waals surface area contributed by atoms with E-state index in [2.05, 4.69) is 6.58 Å². The standard InChI is InChI=1S/C12H16FNO.ClH/c1-3-4-5-12(14)10-8-9(15-2)6-7-11(10)13;/h3,6-8,12H,1,4-5,14H2,2H3;1H/t12-;/m0./s1. The zero-order chi connectivity index (χ0) is 11.3. The van der Waals surface area contributed by atoms with Crippen LogP contribution in [0, 0.1) is 5.82 Å². The Morgan fingerprint density at radius 3 is 2.81 bits per heavy atom. The lowest BCUT2D eigenvalue weighted by Gasteiger charge is -2.13. The first-order chi connectivity index (χ1) is 7.19. The molecule has 1 aromatic carbocycles. The predicted molar refractivity (Wildman–Crippen MR) is 66.6 cm³/mol. The summed E-state index contributed by atoms with van der Waals surface area (Å²) in [6.07, 6.45) is 3.24. The van der Waals surface area contributed by atoms with E-state index in [0.29, 0.717) is 17.7 Å². The molecule has 0 heterocycles. The average Bonchev–Trinajstić information content (AvgIpc) is 2.26. The maximum absolute atomic E-state index is 13.4. The van der Waals surface area contributed by atoms with Crippen LogP contribution in [0.5, 0.6) is 5.75 Å². The quantitative estimate of drug-likeness (QED) is 0.809. The maximum Gasteiger partial charge on any atom is 0.128 e. The van der Waals surface area contributed by atoms with Crippen LogP contribution in [0.15, 0.2) is 30.9 Å². The van der Waals surface area contributed by atoms with E-state index < -0.39 is 0 Å². The average molecular weight is 246 g/mol. The first-order valence-corrected chi connectivity index (χ1v) is 4.89. The second kappa shape index (κ2) is 7.25. The topological polar surface area (TPSA) is 35.2 Å². The lowest BCUT2D eigenvalue weighted by molar-refractivity contribution is 0.411. The third-order valence-corrected chi connectivity index (χ3v) is 2.28. The van der Waals surface area contributed by atoms with E-state index in [1.54, 1.807) is 25.3 Å². The van der Waals surface area contributed by atoms with Gasteiger partial charge in [0.15, 0.2) is 0 Å². The number of allylic oxidation sites excluding steroid dienone is 1. The fraction of sp³-hybridized carbons (Fsp3) is 0.333. The van der Waals surface area contributed by atoms with Crippen molar-refractivity contribution in [2.45, 2.75) is 18.9 Å². The molecule has 0 radical (unpaired) electrons. The van der Waals surface area contributed by atoms with Crippen LogP contribution in [0.4, 0.5) is 4.39 Å². The minimum atomic E-state index is -0.307. The SMILES string of the molecule is C=CCC[C@H](N)c1cc(OC)ccc1F.Cl. The van der Waals surface area contributed by atoms with E-state index in [0.717, 1.165) is 6.42 Å². The van der Waals surface area contributed by atoms with Gasteiger partial charge in [-0.15, -0.1) is 19.0 Å². The van der Waals surface area contributed by atoms with E-state index in [4.69, 9.17) is 10.5 Å². The number of methoxy groups -OCH3 is 1. The van der Waals surface area contributed by atoms with Crippen LogP contribution in [-0.2, 0) is 0 Å². The van der Waals surface area contributed by atoms with Crippen molar-refractivity contribution in [2.75, 3.05) is 7.11 Å². The van der Waals surface area contributed by atoms with Gasteiger partial charge >= 0.3 is 0 Å². The molecule has 1 rings (SSSR count). The van der Waals surface area contributed by atoms with Gasteiger partial charge in [-0.05, 0) is 31.0 Å². The molecule has 90 valence electrons. The summed E-state index contributed by atoms with van der Waals surface area (Å²) in [6.45, 7) is 3.61. The molecule has 0 spiro atoms. The molecule has 0 amide bonds. The molecule has 16 heavy (non-hydrogen) atoms. The van der Waals surface area contributed by atoms with Crippen molar-refractivity contribution < 1.29 is 9.13 Å². The highest BCUT2D eigenvalue weighted by Crippen LogP contribution is 2.23. The number of hydrogen-bond donors (Lipinski definition) is 1. The Bertz CT molecular complexity index is 344. The van der Waals surface area contributed by atoms with Gasteiger partial charge in [-0.2, -0.15) is 0 Å². The second-order valence-corrected chi connectivity index (χ2v) is 3.36. The van der Waals surface area contributed by atoms with Crippen molar-refractivity contribution in [3.63, 3.8) is 0 Å². The minimum Gasteiger partial charge on any atom is -0.497 e. The lowest BCUT2D eigenvalue weighted by Crippen LogP contribution is -2.11. The van der Waals surface area contributed by atoms with Crippen LogP contribution in [-0.4, -0.2) is 7.11 Å². The van der Waals surface area contributed by atoms with Crippen LogP contribution < -0.4 is 10.5 Å². The van der Waals surface area contributed by atoms with Crippen molar-refractivity contribution >= 4 is 12.4 Å². The van der Waals surface area contributed by atoms with Gasteiger partial charge in [-0.1, -0.05) is 6.08 Å². The highest BCUT2D eigenvalue weighted by Gasteiger charge is 2.11. The third-order valence-electron chi connectivity index (χ3n) is 2.28. The number of benzene rings is 1. The van der Waals surface area contributed by atoms with Gasteiger partial charge in [0.2, 0.25) is 0 Å². The van der Waals surface area contributed by atoms with Crippen molar-refractivity contribution in [2.24, 2.45) is 5.73 Å². The van der Waals surface area contributed by atoms with Crippen molar-refractivity contribution in [3.05, 3.63) is 42.2 Å².